The lowest BCUT2D eigenvalue weighted by Crippen LogP contribution is -2.30. The molecule has 1 aliphatic heterocycles. The van der Waals surface area contributed by atoms with E-state index in [2.05, 4.69) is 10.1 Å². The SMILES string of the molecule is COc1cc(CC(=O)N2CCC(c3cc4nc(C)cc(=O)n4[nH]3)C2)cc(OC)c1OC. The number of aryl methyl sites for hydroxylation is 1. The highest BCUT2D eigenvalue weighted by atomic mass is 16.5. The maximum Gasteiger partial charge on any atom is 0.272 e. The molecule has 0 bridgehead atoms. The van der Waals surface area contributed by atoms with Gasteiger partial charge in [0.15, 0.2) is 17.1 Å². The number of nitrogens with one attached hydrogen (secondary N) is 1. The number of carbonyl (C=O) groups is 1. The van der Waals surface area contributed by atoms with Crippen molar-refractivity contribution in [2.24, 2.45) is 0 Å². The van der Waals surface area contributed by atoms with E-state index in [1.807, 2.05) is 11.0 Å². The van der Waals surface area contributed by atoms with Gasteiger partial charge in [0, 0.05) is 42.5 Å². The van der Waals surface area contributed by atoms with Gasteiger partial charge in [-0.05, 0) is 31.0 Å². The summed E-state index contributed by atoms with van der Waals surface area (Å²) in [6, 6.07) is 6.98. The lowest BCUT2D eigenvalue weighted by molar-refractivity contribution is -0.129. The Morgan fingerprint density at radius 3 is 2.48 bits per heavy atom. The van der Waals surface area contributed by atoms with E-state index < -0.39 is 0 Å². The van der Waals surface area contributed by atoms with E-state index >= 15 is 0 Å². The fraction of sp³-hybridized carbons (Fsp3) is 0.409. The minimum Gasteiger partial charge on any atom is -0.493 e. The number of likely N-dealkylation sites (tertiary alicyclic amines) is 1. The molecule has 1 amide bonds. The number of ether oxygens (including phenoxy) is 3. The van der Waals surface area contributed by atoms with E-state index in [1.54, 1.807) is 40.4 Å². The number of nitrogens with zero attached hydrogens (tertiary/aromatic N) is 3. The van der Waals surface area contributed by atoms with Crippen molar-refractivity contribution in [2.75, 3.05) is 34.4 Å². The number of H-pyrrole nitrogens is 1. The van der Waals surface area contributed by atoms with Crippen LogP contribution in [-0.4, -0.2) is 59.8 Å². The number of aromatic nitrogens is 3. The van der Waals surface area contributed by atoms with Crippen LogP contribution in [0.1, 0.15) is 29.3 Å². The summed E-state index contributed by atoms with van der Waals surface area (Å²) in [5.41, 5.74) is 2.85. The quantitative estimate of drug-likeness (QED) is 0.647. The molecular formula is C22H26N4O5. The predicted octanol–water partition coefficient (Wildman–Crippen LogP) is 1.92. The minimum absolute atomic E-state index is 0.0269. The van der Waals surface area contributed by atoms with Crippen molar-refractivity contribution in [1.29, 1.82) is 0 Å². The fourth-order valence-electron chi connectivity index (χ4n) is 4.10. The molecule has 3 heterocycles. The predicted molar refractivity (Wildman–Crippen MR) is 114 cm³/mol. The molecule has 3 aromatic rings. The highest BCUT2D eigenvalue weighted by Crippen LogP contribution is 2.38. The second-order valence-corrected chi connectivity index (χ2v) is 7.68. The number of fused-ring (bicyclic) bond motifs is 1. The number of amides is 1. The highest BCUT2D eigenvalue weighted by molar-refractivity contribution is 5.79. The Morgan fingerprint density at radius 1 is 1.13 bits per heavy atom. The molecule has 0 aliphatic carbocycles. The molecule has 1 N–H and O–H groups in total. The van der Waals surface area contributed by atoms with E-state index in [1.165, 1.54) is 10.6 Å². The Hall–Kier alpha value is -3.49. The van der Waals surface area contributed by atoms with Gasteiger partial charge in [0.05, 0.1) is 27.8 Å². The van der Waals surface area contributed by atoms with Gasteiger partial charge in [-0.25, -0.2) is 9.50 Å². The number of methoxy groups -OCH3 is 3. The van der Waals surface area contributed by atoms with Crippen molar-refractivity contribution in [1.82, 2.24) is 19.5 Å². The molecule has 1 unspecified atom stereocenters. The van der Waals surface area contributed by atoms with Crippen molar-refractivity contribution in [3.8, 4) is 17.2 Å². The molecule has 4 rings (SSSR count). The molecule has 1 saturated heterocycles. The number of carbonyl (C=O) groups excluding carboxylic acids is 1. The van der Waals surface area contributed by atoms with Crippen LogP contribution in [0.5, 0.6) is 17.2 Å². The van der Waals surface area contributed by atoms with Crippen LogP contribution in [-0.2, 0) is 11.2 Å². The molecule has 0 spiro atoms. The molecule has 1 atom stereocenters. The lowest BCUT2D eigenvalue weighted by atomic mass is 10.1. The van der Waals surface area contributed by atoms with Crippen LogP contribution in [0.4, 0.5) is 0 Å². The number of benzene rings is 1. The largest absolute Gasteiger partial charge is 0.493 e. The normalized spacial score (nSPS) is 16.0. The van der Waals surface area contributed by atoms with Crippen molar-refractivity contribution >= 4 is 11.6 Å². The van der Waals surface area contributed by atoms with Crippen LogP contribution in [0.3, 0.4) is 0 Å². The molecule has 1 aliphatic rings. The summed E-state index contributed by atoms with van der Waals surface area (Å²) < 4.78 is 17.6. The molecule has 164 valence electrons. The van der Waals surface area contributed by atoms with Gasteiger partial charge < -0.3 is 19.1 Å². The van der Waals surface area contributed by atoms with Gasteiger partial charge in [-0.3, -0.25) is 14.7 Å². The van der Waals surface area contributed by atoms with Crippen LogP contribution >= 0.6 is 0 Å². The van der Waals surface area contributed by atoms with Crippen LogP contribution in [0.2, 0.25) is 0 Å². The van der Waals surface area contributed by atoms with Crippen LogP contribution in [0, 0.1) is 6.92 Å². The van der Waals surface area contributed by atoms with Gasteiger partial charge >= 0.3 is 0 Å². The molecular weight excluding hydrogens is 400 g/mol. The minimum atomic E-state index is -0.137. The second kappa shape index (κ2) is 8.33. The Balaban J connectivity index is 1.49. The van der Waals surface area contributed by atoms with Crippen LogP contribution < -0.4 is 19.8 Å². The smallest absolute Gasteiger partial charge is 0.272 e. The van der Waals surface area contributed by atoms with E-state index in [9.17, 15) is 9.59 Å². The molecule has 0 saturated carbocycles. The van der Waals surface area contributed by atoms with Gasteiger partial charge in [0.25, 0.3) is 5.56 Å². The van der Waals surface area contributed by atoms with Crippen molar-refractivity contribution < 1.29 is 19.0 Å². The topological polar surface area (TPSA) is 98.2 Å². The van der Waals surface area contributed by atoms with Crippen molar-refractivity contribution in [2.45, 2.75) is 25.7 Å². The summed E-state index contributed by atoms with van der Waals surface area (Å²) >= 11 is 0. The lowest BCUT2D eigenvalue weighted by Gasteiger charge is -2.18. The first kappa shape index (κ1) is 20.8. The first-order valence-electron chi connectivity index (χ1n) is 10.1. The van der Waals surface area contributed by atoms with Gasteiger partial charge in [-0.2, -0.15) is 0 Å². The van der Waals surface area contributed by atoms with Crippen molar-refractivity contribution in [3.63, 3.8) is 0 Å². The first-order chi connectivity index (χ1) is 14.9. The number of hydrogen-bond donors (Lipinski definition) is 1. The second-order valence-electron chi connectivity index (χ2n) is 7.68. The summed E-state index contributed by atoms with van der Waals surface area (Å²) in [4.78, 5) is 31.4. The Kier molecular flexibility index (Phi) is 5.58. The molecule has 9 nitrogen and oxygen atoms in total. The zero-order valence-corrected chi connectivity index (χ0v) is 18.1. The molecule has 2 aromatic heterocycles. The van der Waals surface area contributed by atoms with Crippen LogP contribution in [0.25, 0.3) is 5.65 Å². The van der Waals surface area contributed by atoms with E-state index in [0.29, 0.717) is 41.7 Å². The van der Waals surface area contributed by atoms with Gasteiger partial charge in [0.1, 0.15) is 0 Å². The highest BCUT2D eigenvalue weighted by Gasteiger charge is 2.29. The van der Waals surface area contributed by atoms with E-state index in [0.717, 1.165) is 17.7 Å². The van der Waals surface area contributed by atoms with Crippen molar-refractivity contribution in [3.05, 3.63) is 51.6 Å². The third-order valence-corrected chi connectivity index (χ3v) is 5.66. The average Bonchev–Trinajstić information content (AvgIpc) is 3.40. The molecule has 31 heavy (non-hydrogen) atoms. The van der Waals surface area contributed by atoms with E-state index in [-0.39, 0.29) is 23.8 Å². The summed E-state index contributed by atoms with van der Waals surface area (Å²) in [5.74, 6) is 1.70. The number of aromatic amines is 1. The summed E-state index contributed by atoms with van der Waals surface area (Å²) in [6.07, 6.45) is 1.05. The monoisotopic (exact) mass is 426 g/mol. The molecule has 1 aromatic carbocycles. The van der Waals surface area contributed by atoms with Gasteiger partial charge in [-0.1, -0.05) is 0 Å². The third kappa shape index (κ3) is 3.95. The standard InChI is InChI=1S/C22H26N4O5/c1-13-7-21(28)26-19(23-13)11-16(24-26)15-5-6-25(12-15)20(27)10-14-8-17(29-2)22(31-4)18(9-14)30-3/h7-9,11,15,24H,5-6,10,12H2,1-4H3. The summed E-state index contributed by atoms with van der Waals surface area (Å²) in [6.45, 7) is 3.04. The summed E-state index contributed by atoms with van der Waals surface area (Å²) in [7, 11) is 4.65. The third-order valence-electron chi connectivity index (χ3n) is 5.66. The van der Waals surface area contributed by atoms with Crippen LogP contribution in [0.15, 0.2) is 29.1 Å². The number of hydrogen-bond acceptors (Lipinski definition) is 6. The fourth-order valence-corrected chi connectivity index (χ4v) is 4.10. The number of rotatable bonds is 6. The molecule has 9 heteroatoms. The Morgan fingerprint density at radius 2 is 1.84 bits per heavy atom. The Bertz CT molecular complexity index is 1160. The van der Waals surface area contributed by atoms with Gasteiger partial charge in [0.2, 0.25) is 11.7 Å². The Labute approximate surface area is 179 Å². The maximum absolute atomic E-state index is 13.0. The first-order valence-corrected chi connectivity index (χ1v) is 10.1. The van der Waals surface area contributed by atoms with E-state index in [4.69, 9.17) is 14.2 Å². The zero-order valence-electron chi connectivity index (χ0n) is 18.1. The average molecular weight is 426 g/mol. The summed E-state index contributed by atoms with van der Waals surface area (Å²) in [5, 5.41) is 3.14. The zero-order chi connectivity index (χ0) is 22.1. The van der Waals surface area contributed by atoms with Gasteiger partial charge in [-0.15, -0.1) is 0 Å². The molecule has 0 radical (unpaired) electrons. The maximum atomic E-state index is 13.0. The molecule has 1 fully saturated rings.